The zero-order valence-electron chi connectivity index (χ0n) is 11.5. The third-order valence-corrected chi connectivity index (χ3v) is 3.04. The summed E-state index contributed by atoms with van der Waals surface area (Å²) in [4.78, 5) is 0. The predicted molar refractivity (Wildman–Crippen MR) is 65.8 cm³/mol. The number of methoxy groups -OCH3 is 1. The fourth-order valence-corrected chi connectivity index (χ4v) is 1.83. The molecule has 0 radical (unpaired) electrons. The van der Waals surface area contributed by atoms with E-state index in [9.17, 15) is 22.0 Å². The molecule has 1 atom stereocenters. The first-order chi connectivity index (χ1) is 9.17. The number of ether oxygens (including phenoxy) is 1. The molecule has 0 saturated heterocycles. The van der Waals surface area contributed by atoms with E-state index in [1.54, 1.807) is 0 Å². The molecule has 0 fully saturated rings. The van der Waals surface area contributed by atoms with Crippen LogP contribution in [0.15, 0.2) is 18.2 Å². The molecule has 0 heterocycles. The van der Waals surface area contributed by atoms with Crippen LogP contribution in [0.4, 0.5) is 22.0 Å². The minimum absolute atomic E-state index is 0.0161. The molecule has 0 saturated carbocycles. The zero-order chi connectivity index (χ0) is 15.5. The summed E-state index contributed by atoms with van der Waals surface area (Å²) in [5.41, 5.74) is 0.735. The van der Waals surface area contributed by atoms with E-state index in [0.717, 1.165) is 13.2 Å². The molecular formula is C14H17F5O. The Labute approximate surface area is 114 Å². The Hall–Kier alpha value is -1.17. The van der Waals surface area contributed by atoms with Crippen LogP contribution >= 0.6 is 0 Å². The quantitative estimate of drug-likeness (QED) is 0.676. The van der Waals surface area contributed by atoms with E-state index in [0.29, 0.717) is 5.56 Å². The summed E-state index contributed by atoms with van der Waals surface area (Å²) in [6.45, 7) is 3.63. The van der Waals surface area contributed by atoms with Gasteiger partial charge in [0.15, 0.2) is 0 Å². The molecule has 6 heteroatoms. The van der Waals surface area contributed by atoms with Gasteiger partial charge in [-0.3, -0.25) is 0 Å². The molecular weight excluding hydrogens is 279 g/mol. The molecule has 114 valence electrons. The molecule has 20 heavy (non-hydrogen) atoms. The summed E-state index contributed by atoms with van der Waals surface area (Å²) in [5, 5.41) is 0. The topological polar surface area (TPSA) is 9.23 Å². The number of hydrogen-bond donors (Lipinski definition) is 0. The third-order valence-electron chi connectivity index (χ3n) is 3.04. The van der Waals surface area contributed by atoms with E-state index in [1.165, 1.54) is 12.1 Å². The number of halogens is 5. The molecule has 1 aromatic carbocycles. The second-order valence-corrected chi connectivity index (χ2v) is 4.96. The molecule has 1 unspecified atom stereocenters. The normalized spacial score (nSPS) is 14.1. The minimum Gasteiger partial charge on any atom is -0.377 e. The predicted octanol–water partition coefficient (Wildman–Crippen LogP) is 4.93. The summed E-state index contributed by atoms with van der Waals surface area (Å²) in [6.07, 6.45) is -6.26. The van der Waals surface area contributed by atoms with Crippen LogP contribution in [-0.4, -0.2) is 19.5 Å². The van der Waals surface area contributed by atoms with Crippen molar-refractivity contribution in [3.8, 4) is 0 Å². The molecule has 0 aliphatic rings. The van der Waals surface area contributed by atoms with Gasteiger partial charge in [-0.2, -0.15) is 0 Å². The lowest BCUT2D eigenvalue weighted by Crippen LogP contribution is -2.29. The maximum Gasteiger partial charge on any atom is 0.310 e. The average molecular weight is 296 g/mol. The highest BCUT2D eigenvalue weighted by molar-refractivity contribution is 5.28. The van der Waals surface area contributed by atoms with Gasteiger partial charge in [-0.05, 0) is 29.2 Å². The molecule has 0 aromatic heterocycles. The van der Waals surface area contributed by atoms with Crippen LogP contribution in [0.5, 0.6) is 0 Å². The van der Waals surface area contributed by atoms with E-state index in [-0.39, 0.29) is 11.5 Å². The van der Waals surface area contributed by atoms with Gasteiger partial charge < -0.3 is 4.74 Å². The van der Waals surface area contributed by atoms with Crippen LogP contribution in [0.2, 0.25) is 0 Å². The lowest BCUT2D eigenvalue weighted by molar-refractivity contribution is -0.152. The maximum atomic E-state index is 13.5. The van der Waals surface area contributed by atoms with Gasteiger partial charge in [0, 0.05) is 13.5 Å². The molecule has 1 nitrogen and oxygen atoms in total. The van der Waals surface area contributed by atoms with Crippen molar-refractivity contribution in [2.24, 2.45) is 0 Å². The van der Waals surface area contributed by atoms with Crippen LogP contribution in [-0.2, 0) is 4.74 Å². The number of alkyl halides is 4. The van der Waals surface area contributed by atoms with Gasteiger partial charge in [0.25, 0.3) is 0 Å². The van der Waals surface area contributed by atoms with Gasteiger partial charge in [0.1, 0.15) is 5.82 Å². The van der Waals surface area contributed by atoms with E-state index in [2.05, 4.69) is 0 Å². The highest BCUT2D eigenvalue weighted by Crippen LogP contribution is 2.36. The van der Waals surface area contributed by atoms with E-state index in [4.69, 9.17) is 4.74 Å². The number of benzene rings is 1. The van der Waals surface area contributed by atoms with Crippen LogP contribution in [0.3, 0.4) is 0 Å². The second kappa shape index (κ2) is 6.52. The Morgan fingerprint density at radius 2 is 1.65 bits per heavy atom. The first kappa shape index (κ1) is 16.9. The van der Waals surface area contributed by atoms with Crippen molar-refractivity contribution >= 4 is 0 Å². The van der Waals surface area contributed by atoms with Crippen LogP contribution in [0, 0.1) is 5.82 Å². The van der Waals surface area contributed by atoms with Crippen molar-refractivity contribution in [2.45, 2.75) is 44.6 Å². The second-order valence-electron chi connectivity index (χ2n) is 4.96. The first-order valence-electron chi connectivity index (χ1n) is 6.16. The smallest absolute Gasteiger partial charge is 0.310 e. The Morgan fingerprint density at radius 3 is 2.10 bits per heavy atom. The average Bonchev–Trinajstić information content (AvgIpc) is 2.34. The number of hydrogen-bond acceptors (Lipinski definition) is 1. The Kier molecular flexibility index (Phi) is 5.50. The van der Waals surface area contributed by atoms with Crippen molar-refractivity contribution in [1.29, 1.82) is 0 Å². The Balaban J connectivity index is 3.06. The van der Waals surface area contributed by atoms with Gasteiger partial charge in [0.05, 0.1) is 6.10 Å². The van der Waals surface area contributed by atoms with Crippen LogP contribution < -0.4 is 0 Å². The van der Waals surface area contributed by atoms with E-state index >= 15 is 0 Å². The standard InChI is InChI=1S/C14H17F5O/c1-8(2)9-4-10(6-11(15)5-9)12(20-3)7-14(18,19)13(16)17/h4-6,8,12-13H,7H2,1-3H3. The molecule has 0 amide bonds. The summed E-state index contributed by atoms with van der Waals surface area (Å²) in [5.74, 6) is -4.79. The minimum atomic E-state index is -4.18. The van der Waals surface area contributed by atoms with Gasteiger partial charge in [-0.25, -0.2) is 22.0 Å². The first-order valence-corrected chi connectivity index (χ1v) is 6.16. The van der Waals surface area contributed by atoms with E-state index < -0.39 is 30.7 Å². The monoisotopic (exact) mass is 296 g/mol. The van der Waals surface area contributed by atoms with Gasteiger partial charge in [0.2, 0.25) is 0 Å². The van der Waals surface area contributed by atoms with Crippen molar-refractivity contribution in [3.05, 3.63) is 35.1 Å². The summed E-state index contributed by atoms with van der Waals surface area (Å²) < 4.78 is 69.0. The lowest BCUT2D eigenvalue weighted by Gasteiger charge is -2.23. The van der Waals surface area contributed by atoms with Gasteiger partial charge in [-0.1, -0.05) is 19.9 Å². The number of rotatable bonds is 6. The molecule has 0 spiro atoms. The van der Waals surface area contributed by atoms with Crippen molar-refractivity contribution < 1.29 is 26.7 Å². The van der Waals surface area contributed by atoms with Crippen LogP contribution in [0.1, 0.15) is 43.4 Å². The fraction of sp³-hybridized carbons (Fsp3) is 0.571. The summed E-state index contributed by atoms with van der Waals surface area (Å²) in [7, 11) is 1.13. The summed E-state index contributed by atoms with van der Waals surface area (Å²) >= 11 is 0. The molecule has 0 aliphatic carbocycles. The van der Waals surface area contributed by atoms with Gasteiger partial charge in [-0.15, -0.1) is 0 Å². The molecule has 0 N–H and O–H groups in total. The lowest BCUT2D eigenvalue weighted by atomic mass is 9.96. The Bertz CT molecular complexity index is 445. The fourth-order valence-electron chi connectivity index (χ4n) is 1.83. The summed E-state index contributed by atoms with van der Waals surface area (Å²) in [6, 6.07) is 3.82. The zero-order valence-corrected chi connectivity index (χ0v) is 11.5. The van der Waals surface area contributed by atoms with Gasteiger partial charge >= 0.3 is 12.3 Å². The molecule has 1 rings (SSSR count). The van der Waals surface area contributed by atoms with E-state index in [1.807, 2.05) is 13.8 Å². The molecule has 0 bridgehead atoms. The maximum absolute atomic E-state index is 13.5. The highest BCUT2D eigenvalue weighted by atomic mass is 19.3. The largest absolute Gasteiger partial charge is 0.377 e. The van der Waals surface area contributed by atoms with Crippen LogP contribution in [0.25, 0.3) is 0 Å². The molecule has 0 aliphatic heterocycles. The highest BCUT2D eigenvalue weighted by Gasteiger charge is 2.43. The van der Waals surface area contributed by atoms with Crippen molar-refractivity contribution in [3.63, 3.8) is 0 Å². The third kappa shape index (κ3) is 4.16. The SMILES string of the molecule is COC(CC(F)(F)C(F)F)c1cc(F)cc(C(C)C)c1. The van der Waals surface area contributed by atoms with Crippen molar-refractivity contribution in [2.75, 3.05) is 7.11 Å². The molecule has 1 aromatic rings. The Morgan fingerprint density at radius 1 is 1.10 bits per heavy atom. The van der Waals surface area contributed by atoms with Crippen molar-refractivity contribution in [1.82, 2.24) is 0 Å².